The second-order valence-corrected chi connectivity index (χ2v) is 5.14. The third-order valence-electron chi connectivity index (χ3n) is 3.91. The number of nitrogens with two attached hydrogens (primary N) is 1. The first-order valence-corrected chi connectivity index (χ1v) is 6.68. The summed E-state index contributed by atoms with van der Waals surface area (Å²) in [7, 11) is 0. The van der Waals surface area contributed by atoms with Gasteiger partial charge in [-0.15, -0.1) is 0 Å². The molecule has 100 valence electrons. The largest absolute Gasteiger partial charge is 0.493 e. The number of anilines is 1. The molecule has 0 fully saturated rings. The van der Waals surface area contributed by atoms with Crippen molar-refractivity contribution in [1.82, 2.24) is 9.78 Å². The molecule has 2 heterocycles. The fourth-order valence-corrected chi connectivity index (χ4v) is 2.70. The van der Waals surface area contributed by atoms with Gasteiger partial charge < -0.3 is 10.5 Å². The van der Waals surface area contributed by atoms with Gasteiger partial charge in [-0.1, -0.05) is 18.2 Å². The van der Waals surface area contributed by atoms with Crippen LogP contribution in [-0.4, -0.2) is 16.4 Å². The number of nitrogen functional groups attached to an aromatic ring is 1. The van der Waals surface area contributed by atoms with E-state index in [9.17, 15) is 0 Å². The van der Waals surface area contributed by atoms with Crippen LogP contribution in [0.4, 0.5) is 5.69 Å². The van der Waals surface area contributed by atoms with Crippen LogP contribution < -0.4 is 10.5 Å². The lowest BCUT2D eigenvalue weighted by atomic mass is 9.93. The fourth-order valence-electron chi connectivity index (χ4n) is 2.70. The third-order valence-corrected chi connectivity index (χ3v) is 3.91. The van der Waals surface area contributed by atoms with E-state index in [-0.39, 0.29) is 0 Å². The molecular weight excluding hydrogens is 238 g/mol. The number of rotatable bonds is 2. The highest BCUT2D eigenvalue weighted by molar-refractivity contribution is 5.47. The van der Waals surface area contributed by atoms with E-state index in [1.807, 2.05) is 30.7 Å². The van der Waals surface area contributed by atoms with E-state index in [2.05, 4.69) is 17.2 Å². The Bertz CT molecular complexity index is 603. The molecule has 4 nitrogen and oxygen atoms in total. The summed E-state index contributed by atoms with van der Waals surface area (Å²) in [6.45, 7) is 5.62. The van der Waals surface area contributed by atoms with Gasteiger partial charge in [-0.05, 0) is 31.9 Å². The van der Waals surface area contributed by atoms with E-state index in [0.717, 1.165) is 42.4 Å². The summed E-state index contributed by atoms with van der Waals surface area (Å²) in [5, 5.41) is 4.53. The van der Waals surface area contributed by atoms with Gasteiger partial charge in [0.05, 0.1) is 23.7 Å². The van der Waals surface area contributed by atoms with E-state index >= 15 is 0 Å². The van der Waals surface area contributed by atoms with Crippen LogP contribution in [0.2, 0.25) is 0 Å². The number of aromatic nitrogens is 2. The number of nitrogens with zero attached hydrogens (tertiary/aromatic N) is 2. The van der Waals surface area contributed by atoms with Crippen LogP contribution >= 0.6 is 0 Å². The number of ether oxygens (including phenoxy) is 1. The molecule has 0 spiro atoms. The SMILES string of the molecule is Cc1nn(CC2CCOc3ccccc32)c(C)c1N. The van der Waals surface area contributed by atoms with Crippen molar-refractivity contribution in [3.63, 3.8) is 0 Å². The molecule has 4 heteroatoms. The molecule has 1 unspecified atom stereocenters. The summed E-state index contributed by atoms with van der Waals surface area (Å²) < 4.78 is 7.72. The van der Waals surface area contributed by atoms with Crippen molar-refractivity contribution in [2.45, 2.75) is 32.7 Å². The van der Waals surface area contributed by atoms with Crippen LogP contribution in [0.5, 0.6) is 5.75 Å². The van der Waals surface area contributed by atoms with Crippen LogP contribution in [-0.2, 0) is 6.54 Å². The molecule has 3 rings (SSSR count). The molecule has 2 aromatic rings. The van der Waals surface area contributed by atoms with Crippen molar-refractivity contribution in [3.8, 4) is 5.75 Å². The normalized spacial score (nSPS) is 17.9. The van der Waals surface area contributed by atoms with Crippen molar-refractivity contribution in [3.05, 3.63) is 41.2 Å². The topological polar surface area (TPSA) is 53.1 Å². The minimum Gasteiger partial charge on any atom is -0.493 e. The first-order valence-electron chi connectivity index (χ1n) is 6.68. The van der Waals surface area contributed by atoms with Gasteiger partial charge in [-0.25, -0.2) is 0 Å². The van der Waals surface area contributed by atoms with Crippen LogP contribution in [0.25, 0.3) is 0 Å². The van der Waals surface area contributed by atoms with Crippen LogP contribution in [0.15, 0.2) is 24.3 Å². The number of benzene rings is 1. The molecule has 1 aliphatic rings. The third kappa shape index (κ3) is 2.07. The van der Waals surface area contributed by atoms with Gasteiger partial charge in [0.15, 0.2) is 0 Å². The Morgan fingerprint density at radius 1 is 1.37 bits per heavy atom. The Morgan fingerprint density at radius 3 is 2.89 bits per heavy atom. The van der Waals surface area contributed by atoms with Crippen LogP contribution in [0.3, 0.4) is 0 Å². The Balaban J connectivity index is 1.90. The molecule has 1 aliphatic heterocycles. The molecule has 1 aromatic carbocycles. The second kappa shape index (κ2) is 4.61. The Kier molecular flexibility index (Phi) is 2.93. The van der Waals surface area contributed by atoms with Gasteiger partial charge in [0.2, 0.25) is 0 Å². The highest BCUT2D eigenvalue weighted by Gasteiger charge is 2.22. The molecule has 0 aliphatic carbocycles. The number of hydrogen-bond donors (Lipinski definition) is 1. The Hall–Kier alpha value is -1.97. The van der Waals surface area contributed by atoms with Gasteiger partial charge in [-0.3, -0.25) is 4.68 Å². The summed E-state index contributed by atoms with van der Waals surface area (Å²) in [6.07, 6.45) is 1.02. The maximum Gasteiger partial charge on any atom is 0.122 e. The summed E-state index contributed by atoms with van der Waals surface area (Å²) in [5.41, 5.74) is 10.0. The molecule has 19 heavy (non-hydrogen) atoms. The minimum atomic E-state index is 0.447. The summed E-state index contributed by atoms with van der Waals surface area (Å²) in [5.74, 6) is 1.45. The first kappa shape index (κ1) is 12.1. The van der Waals surface area contributed by atoms with E-state index in [0.29, 0.717) is 5.92 Å². The molecule has 0 bridgehead atoms. The fraction of sp³-hybridized carbons (Fsp3) is 0.400. The summed E-state index contributed by atoms with van der Waals surface area (Å²) in [6, 6.07) is 8.27. The molecule has 0 radical (unpaired) electrons. The van der Waals surface area contributed by atoms with Crippen molar-refractivity contribution in [1.29, 1.82) is 0 Å². The summed E-state index contributed by atoms with van der Waals surface area (Å²) >= 11 is 0. The van der Waals surface area contributed by atoms with E-state index < -0.39 is 0 Å². The summed E-state index contributed by atoms with van der Waals surface area (Å²) in [4.78, 5) is 0. The standard InChI is InChI=1S/C15H19N3O/c1-10-15(16)11(2)18(17-10)9-12-7-8-19-14-6-4-3-5-13(12)14/h3-6,12H,7-9,16H2,1-2H3. The molecule has 0 saturated heterocycles. The van der Waals surface area contributed by atoms with Crippen molar-refractivity contribution >= 4 is 5.69 Å². The molecule has 0 amide bonds. The van der Waals surface area contributed by atoms with E-state index in [1.54, 1.807) is 0 Å². The molecule has 0 saturated carbocycles. The second-order valence-electron chi connectivity index (χ2n) is 5.14. The quantitative estimate of drug-likeness (QED) is 0.899. The highest BCUT2D eigenvalue weighted by atomic mass is 16.5. The zero-order chi connectivity index (χ0) is 13.4. The van der Waals surface area contributed by atoms with Crippen molar-refractivity contribution in [2.75, 3.05) is 12.3 Å². The van der Waals surface area contributed by atoms with Crippen molar-refractivity contribution in [2.24, 2.45) is 0 Å². The van der Waals surface area contributed by atoms with Gasteiger partial charge in [0.25, 0.3) is 0 Å². The number of aryl methyl sites for hydroxylation is 1. The maximum atomic E-state index is 5.99. The molecule has 1 aromatic heterocycles. The lowest BCUT2D eigenvalue weighted by molar-refractivity contribution is 0.256. The molecular formula is C15H19N3O. The average molecular weight is 257 g/mol. The number of hydrogen-bond acceptors (Lipinski definition) is 3. The Labute approximate surface area is 113 Å². The average Bonchev–Trinajstić information content (AvgIpc) is 2.67. The van der Waals surface area contributed by atoms with Crippen LogP contribution in [0.1, 0.15) is 29.3 Å². The number of para-hydroxylation sites is 1. The number of fused-ring (bicyclic) bond motifs is 1. The predicted octanol–water partition coefficient (Wildman–Crippen LogP) is 2.65. The zero-order valence-corrected chi connectivity index (χ0v) is 11.4. The van der Waals surface area contributed by atoms with E-state index in [4.69, 9.17) is 10.5 Å². The van der Waals surface area contributed by atoms with Gasteiger partial charge >= 0.3 is 0 Å². The predicted molar refractivity (Wildman–Crippen MR) is 75.4 cm³/mol. The molecule has 2 N–H and O–H groups in total. The minimum absolute atomic E-state index is 0.447. The van der Waals surface area contributed by atoms with Gasteiger partial charge in [-0.2, -0.15) is 5.10 Å². The smallest absolute Gasteiger partial charge is 0.122 e. The highest BCUT2D eigenvalue weighted by Crippen LogP contribution is 2.34. The lowest BCUT2D eigenvalue weighted by Gasteiger charge is -2.26. The zero-order valence-electron chi connectivity index (χ0n) is 11.4. The first-order chi connectivity index (χ1) is 9.16. The maximum absolute atomic E-state index is 5.99. The lowest BCUT2D eigenvalue weighted by Crippen LogP contribution is -2.19. The van der Waals surface area contributed by atoms with Crippen LogP contribution in [0, 0.1) is 13.8 Å². The van der Waals surface area contributed by atoms with E-state index in [1.165, 1.54) is 5.56 Å². The monoisotopic (exact) mass is 257 g/mol. The van der Waals surface area contributed by atoms with Crippen molar-refractivity contribution < 1.29 is 4.74 Å². The molecule has 1 atom stereocenters. The van der Waals surface area contributed by atoms with Gasteiger partial charge in [0, 0.05) is 12.5 Å². The van der Waals surface area contributed by atoms with Gasteiger partial charge in [0.1, 0.15) is 5.75 Å². The Morgan fingerprint density at radius 2 is 2.16 bits per heavy atom.